The van der Waals surface area contributed by atoms with Crippen molar-refractivity contribution in [2.75, 3.05) is 6.61 Å². The first-order chi connectivity index (χ1) is 11.6. The number of rotatable bonds is 2. The number of fused-ring (bicyclic) bond motifs is 2. The number of hydrogen-bond donors (Lipinski definition) is 1. The van der Waals surface area contributed by atoms with Gasteiger partial charge in [-0.05, 0) is 19.1 Å². The van der Waals surface area contributed by atoms with E-state index in [0.29, 0.717) is 24.0 Å². The van der Waals surface area contributed by atoms with Crippen molar-refractivity contribution in [1.82, 2.24) is 5.32 Å². The molecule has 1 N–H and O–H groups in total. The zero-order chi connectivity index (χ0) is 16.7. The van der Waals surface area contributed by atoms with Crippen LogP contribution in [0.2, 0.25) is 0 Å². The molecule has 2 aromatic carbocycles. The van der Waals surface area contributed by atoms with Crippen LogP contribution in [0.5, 0.6) is 5.75 Å². The summed E-state index contributed by atoms with van der Waals surface area (Å²) in [5.41, 5.74) is 1.70. The average molecular weight is 325 g/mol. The van der Waals surface area contributed by atoms with Crippen LogP contribution in [0.1, 0.15) is 34.1 Å². The van der Waals surface area contributed by atoms with Crippen LogP contribution >= 0.6 is 0 Å². The van der Waals surface area contributed by atoms with E-state index in [1.54, 1.807) is 19.1 Å². The van der Waals surface area contributed by atoms with Crippen molar-refractivity contribution in [2.24, 2.45) is 0 Å². The summed E-state index contributed by atoms with van der Waals surface area (Å²) in [6.45, 7) is 2.30. The van der Waals surface area contributed by atoms with E-state index >= 15 is 0 Å². The number of hydrogen-bond acceptors (Lipinski definition) is 3. The molecule has 0 fully saturated rings. The second-order valence-corrected chi connectivity index (χ2v) is 5.87. The molecule has 4 rings (SSSR count). The molecule has 122 valence electrons. The number of nitrogens with one attached hydrogen (secondary N) is 1. The number of para-hydroxylation sites is 2. The maximum Gasteiger partial charge on any atom is 0.287 e. The maximum atomic E-state index is 13.9. The van der Waals surface area contributed by atoms with E-state index in [9.17, 15) is 9.18 Å². The van der Waals surface area contributed by atoms with Crippen LogP contribution < -0.4 is 10.1 Å². The predicted octanol–water partition coefficient (Wildman–Crippen LogP) is 4.13. The SMILES string of the molecule is Cc1c(C(=O)N[C@@H]2CCOc3ccccc32)oc2c(F)cccc12. The molecule has 0 bridgehead atoms. The Kier molecular flexibility index (Phi) is 3.49. The fraction of sp³-hybridized carbons (Fsp3) is 0.211. The standard InChI is InChI=1S/C19H16FNO3/c1-11-12-6-4-7-14(20)18(12)24-17(11)19(22)21-15-9-10-23-16-8-3-2-5-13(15)16/h2-8,15H,9-10H2,1H3,(H,21,22)/t15-/m1/s1. The Labute approximate surface area is 138 Å². The monoisotopic (exact) mass is 325 g/mol. The Morgan fingerprint density at radius 3 is 2.88 bits per heavy atom. The third-order valence-electron chi connectivity index (χ3n) is 4.39. The minimum absolute atomic E-state index is 0.118. The summed E-state index contributed by atoms with van der Waals surface area (Å²) >= 11 is 0. The molecule has 0 saturated heterocycles. The Bertz CT molecular complexity index is 932. The molecule has 1 aliphatic rings. The smallest absolute Gasteiger partial charge is 0.287 e. The molecular formula is C19H16FNO3. The van der Waals surface area contributed by atoms with Crippen molar-refractivity contribution in [3.8, 4) is 5.75 Å². The van der Waals surface area contributed by atoms with Crippen molar-refractivity contribution in [2.45, 2.75) is 19.4 Å². The number of halogens is 1. The molecule has 1 aromatic heterocycles. The normalized spacial score (nSPS) is 16.5. The summed E-state index contributed by atoms with van der Waals surface area (Å²) in [7, 11) is 0. The first-order valence-corrected chi connectivity index (χ1v) is 7.85. The molecule has 2 heterocycles. The van der Waals surface area contributed by atoms with Crippen molar-refractivity contribution in [3.05, 3.63) is 65.2 Å². The van der Waals surface area contributed by atoms with Gasteiger partial charge in [-0.2, -0.15) is 0 Å². The van der Waals surface area contributed by atoms with E-state index in [4.69, 9.17) is 9.15 Å². The van der Waals surface area contributed by atoms with Crippen molar-refractivity contribution in [1.29, 1.82) is 0 Å². The highest BCUT2D eigenvalue weighted by Gasteiger charge is 2.26. The lowest BCUT2D eigenvalue weighted by molar-refractivity contribution is 0.0898. The quantitative estimate of drug-likeness (QED) is 0.770. The average Bonchev–Trinajstić information content (AvgIpc) is 2.94. The van der Waals surface area contributed by atoms with E-state index < -0.39 is 5.82 Å². The molecule has 24 heavy (non-hydrogen) atoms. The van der Waals surface area contributed by atoms with Crippen LogP contribution in [0.15, 0.2) is 46.9 Å². The number of amides is 1. The van der Waals surface area contributed by atoms with Gasteiger partial charge in [-0.25, -0.2) is 4.39 Å². The minimum atomic E-state index is -0.467. The van der Waals surface area contributed by atoms with Gasteiger partial charge < -0.3 is 14.5 Å². The minimum Gasteiger partial charge on any atom is -0.493 e. The van der Waals surface area contributed by atoms with E-state index in [1.165, 1.54) is 6.07 Å². The van der Waals surface area contributed by atoms with Crippen molar-refractivity contribution < 1.29 is 18.3 Å². The fourth-order valence-corrected chi connectivity index (χ4v) is 3.14. The van der Waals surface area contributed by atoms with Crippen LogP contribution in [-0.4, -0.2) is 12.5 Å². The Morgan fingerprint density at radius 2 is 2.04 bits per heavy atom. The lowest BCUT2D eigenvalue weighted by atomic mass is 10.0. The molecule has 3 aromatic rings. The summed E-state index contributed by atoms with van der Waals surface area (Å²) in [4.78, 5) is 12.7. The molecule has 0 aliphatic carbocycles. The fourth-order valence-electron chi connectivity index (χ4n) is 3.14. The molecule has 1 amide bonds. The van der Waals surface area contributed by atoms with Crippen molar-refractivity contribution in [3.63, 3.8) is 0 Å². The molecule has 0 saturated carbocycles. The van der Waals surface area contributed by atoms with Gasteiger partial charge in [0.2, 0.25) is 0 Å². The van der Waals surface area contributed by atoms with Crippen LogP contribution in [0, 0.1) is 12.7 Å². The third-order valence-corrected chi connectivity index (χ3v) is 4.39. The molecule has 0 unspecified atom stereocenters. The van der Waals surface area contributed by atoms with Gasteiger partial charge in [0.25, 0.3) is 5.91 Å². The zero-order valence-electron chi connectivity index (χ0n) is 13.1. The predicted molar refractivity (Wildman–Crippen MR) is 87.7 cm³/mol. The second-order valence-electron chi connectivity index (χ2n) is 5.87. The highest BCUT2D eigenvalue weighted by molar-refractivity contribution is 5.99. The van der Waals surface area contributed by atoms with E-state index in [0.717, 1.165) is 11.3 Å². The summed E-state index contributed by atoms with van der Waals surface area (Å²) < 4.78 is 25.0. The number of carbonyl (C=O) groups is 1. The summed E-state index contributed by atoms with van der Waals surface area (Å²) in [6.07, 6.45) is 0.677. The first-order valence-electron chi connectivity index (χ1n) is 7.85. The van der Waals surface area contributed by atoms with Gasteiger partial charge in [-0.15, -0.1) is 0 Å². The van der Waals surface area contributed by atoms with Gasteiger partial charge in [0.1, 0.15) is 5.75 Å². The molecule has 5 heteroatoms. The van der Waals surface area contributed by atoms with E-state index in [-0.39, 0.29) is 23.3 Å². The second kappa shape index (κ2) is 5.67. The lowest BCUT2D eigenvalue weighted by Gasteiger charge is -2.26. The Morgan fingerprint density at radius 1 is 1.21 bits per heavy atom. The molecule has 4 nitrogen and oxygen atoms in total. The number of benzene rings is 2. The largest absolute Gasteiger partial charge is 0.493 e. The first kappa shape index (κ1) is 14.8. The summed E-state index contributed by atoms with van der Waals surface area (Å²) in [6, 6.07) is 12.2. The number of ether oxygens (including phenoxy) is 1. The lowest BCUT2D eigenvalue weighted by Crippen LogP contribution is -2.32. The molecule has 1 atom stereocenters. The van der Waals surface area contributed by atoms with Gasteiger partial charge in [-0.3, -0.25) is 4.79 Å². The van der Waals surface area contributed by atoms with Crippen LogP contribution in [0.25, 0.3) is 11.0 Å². The van der Waals surface area contributed by atoms with Crippen LogP contribution in [0.4, 0.5) is 4.39 Å². The molecule has 0 spiro atoms. The molecule has 1 aliphatic heterocycles. The van der Waals surface area contributed by atoms with Gasteiger partial charge in [0.15, 0.2) is 17.2 Å². The van der Waals surface area contributed by atoms with Crippen LogP contribution in [0.3, 0.4) is 0 Å². The van der Waals surface area contributed by atoms with Gasteiger partial charge in [-0.1, -0.05) is 30.3 Å². The summed E-state index contributed by atoms with van der Waals surface area (Å²) in [5.74, 6) is 0.122. The maximum absolute atomic E-state index is 13.9. The van der Waals surface area contributed by atoms with Gasteiger partial charge in [0, 0.05) is 22.9 Å². The van der Waals surface area contributed by atoms with E-state index in [2.05, 4.69) is 5.32 Å². The Balaban J connectivity index is 1.66. The molecule has 0 radical (unpaired) electrons. The Hall–Kier alpha value is -2.82. The van der Waals surface area contributed by atoms with E-state index in [1.807, 2.05) is 24.3 Å². The third kappa shape index (κ3) is 2.33. The summed E-state index contributed by atoms with van der Waals surface area (Å²) in [5, 5.41) is 3.60. The molecular weight excluding hydrogens is 309 g/mol. The topological polar surface area (TPSA) is 51.5 Å². The number of furan rings is 1. The number of aryl methyl sites for hydroxylation is 1. The van der Waals surface area contributed by atoms with Crippen LogP contribution in [-0.2, 0) is 0 Å². The zero-order valence-corrected chi connectivity index (χ0v) is 13.1. The highest BCUT2D eigenvalue weighted by Crippen LogP contribution is 2.33. The van der Waals surface area contributed by atoms with Gasteiger partial charge >= 0.3 is 0 Å². The highest BCUT2D eigenvalue weighted by atomic mass is 19.1. The van der Waals surface area contributed by atoms with Gasteiger partial charge in [0.05, 0.1) is 12.6 Å². The van der Waals surface area contributed by atoms with Crippen molar-refractivity contribution >= 4 is 16.9 Å². The number of carbonyl (C=O) groups excluding carboxylic acids is 1.